The third-order valence-electron chi connectivity index (χ3n) is 3.74. The van der Waals surface area contributed by atoms with Gasteiger partial charge in [0.05, 0.1) is 14.2 Å². The first-order valence-corrected chi connectivity index (χ1v) is 8.15. The predicted molar refractivity (Wildman–Crippen MR) is 93.6 cm³/mol. The maximum absolute atomic E-state index is 12.4. The van der Waals surface area contributed by atoms with E-state index < -0.39 is 0 Å². The van der Waals surface area contributed by atoms with Gasteiger partial charge in [-0.25, -0.2) is 0 Å². The molecule has 0 aliphatic carbocycles. The Bertz CT molecular complexity index is 536. The fraction of sp³-hybridized carbons (Fsp3) is 0.556. The van der Waals surface area contributed by atoms with Crippen LogP contribution in [0.2, 0.25) is 0 Å². The minimum absolute atomic E-state index is 0.0137. The van der Waals surface area contributed by atoms with Crippen LogP contribution in [-0.4, -0.2) is 50.6 Å². The molecule has 0 unspecified atom stereocenters. The average molecular weight is 336 g/mol. The van der Waals surface area contributed by atoms with Gasteiger partial charge in [0.15, 0.2) is 0 Å². The average Bonchev–Trinajstić information content (AvgIpc) is 2.56. The summed E-state index contributed by atoms with van der Waals surface area (Å²) in [4.78, 5) is 25.9. The summed E-state index contributed by atoms with van der Waals surface area (Å²) < 4.78 is 10.5. The van der Waals surface area contributed by atoms with Crippen molar-refractivity contribution in [3.63, 3.8) is 0 Å². The van der Waals surface area contributed by atoms with Crippen LogP contribution in [0.4, 0.5) is 0 Å². The number of hydrogen-bond acceptors (Lipinski definition) is 4. The van der Waals surface area contributed by atoms with E-state index in [4.69, 9.17) is 9.47 Å². The largest absolute Gasteiger partial charge is 0.496 e. The van der Waals surface area contributed by atoms with E-state index in [1.807, 2.05) is 0 Å². The molecule has 6 heteroatoms. The molecule has 0 fully saturated rings. The van der Waals surface area contributed by atoms with Crippen molar-refractivity contribution < 1.29 is 19.1 Å². The van der Waals surface area contributed by atoms with Gasteiger partial charge in [0.1, 0.15) is 17.1 Å². The Balaban J connectivity index is 2.67. The quantitative estimate of drug-likeness (QED) is 0.751. The van der Waals surface area contributed by atoms with E-state index in [9.17, 15) is 9.59 Å². The fourth-order valence-corrected chi connectivity index (χ4v) is 2.31. The van der Waals surface area contributed by atoms with Gasteiger partial charge < -0.3 is 19.7 Å². The number of ether oxygens (including phenoxy) is 2. The van der Waals surface area contributed by atoms with Crippen molar-refractivity contribution in [2.45, 2.75) is 27.2 Å². The van der Waals surface area contributed by atoms with Gasteiger partial charge in [0, 0.05) is 26.6 Å². The van der Waals surface area contributed by atoms with Crippen molar-refractivity contribution in [2.24, 2.45) is 5.92 Å². The van der Waals surface area contributed by atoms with Crippen LogP contribution in [0.1, 0.15) is 37.6 Å². The molecule has 0 bridgehead atoms. The minimum Gasteiger partial charge on any atom is -0.496 e. The molecule has 0 aliphatic rings. The zero-order chi connectivity index (χ0) is 18.1. The van der Waals surface area contributed by atoms with E-state index >= 15 is 0 Å². The number of benzene rings is 1. The summed E-state index contributed by atoms with van der Waals surface area (Å²) in [6.07, 6.45) is 0.938. The molecule has 0 heterocycles. The van der Waals surface area contributed by atoms with Crippen LogP contribution in [0.25, 0.3) is 0 Å². The minimum atomic E-state index is -0.281. The van der Waals surface area contributed by atoms with Gasteiger partial charge >= 0.3 is 0 Å². The summed E-state index contributed by atoms with van der Waals surface area (Å²) in [6.45, 7) is 7.33. The topological polar surface area (TPSA) is 67.9 Å². The number of methoxy groups -OCH3 is 2. The van der Waals surface area contributed by atoms with Gasteiger partial charge in [-0.2, -0.15) is 0 Å². The molecule has 0 saturated heterocycles. The van der Waals surface area contributed by atoms with E-state index in [1.165, 1.54) is 14.2 Å². The number of hydrogen-bond donors (Lipinski definition) is 1. The molecule has 1 N–H and O–H groups in total. The summed E-state index contributed by atoms with van der Waals surface area (Å²) in [5.74, 6) is 1.17. The molecule has 0 spiro atoms. The van der Waals surface area contributed by atoms with E-state index in [0.29, 0.717) is 42.6 Å². The molecule has 24 heavy (non-hydrogen) atoms. The second kappa shape index (κ2) is 9.80. The number of nitrogens with one attached hydrogen (secondary N) is 1. The Morgan fingerprint density at radius 3 is 2.17 bits per heavy atom. The molecule has 0 aliphatic heterocycles. The van der Waals surface area contributed by atoms with Crippen molar-refractivity contribution in [2.75, 3.05) is 33.9 Å². The summed E-state index contributed by atoms with van der Waals surface area (Å²) in [5.41, 5.74) is 0.360. The van der Waals surface area contributed by atoms with Crippen molar-refractivity contribution >= 4 is 11.8 Å². The Hall–Kier alpha value is -2.24. The molecule has 0 saturated carbocycles. The standard InChI is InChI=1S/C18H28N2O4/c1-13(2)9-11-20(14(3)21)12-10-19-18(22)17-15(23-4)7-6-8-16(17)24-5/h6-8,13H,9-12H2,1-5H3,(H,19,22). The number of carbonyl (C=O) groups excluding carboxylic acids is 2. The Morgan fingerprint density at radius 2 is 1.71 bits per heavy atom. The van der Waals surface area contributed by atoms with Gasteiger partial charge in [-0.05, 0) is 24.5 Å². The molecule has 2 amide bonds. The lowest BCUT2D eigenvalue weighted by Crippen LogP contribution is -2.38. The predicted octanol–water partition coefficient (Wildman–Crippen LogP) is 2.33. The molecular formula is C18H28N2O4. The lowest BCUT2D eigenvalue weighted by molar-refractivity contribution is -0.128. The van der Waals surface area contributed by atoms with Gasteiger partial charge in [0.25, 0.3) is 5.91 Å². The van der Waals surface area contributed by atoms with Gasteiger partial charge in [-0.1, -0.05) is 19.9 Å². The second-order valence-corrected chi connectivity index (χ2v) is 5.98. The fourth-order valence-electron chi connectivity index (χ4n) is 2.31. The zero-order valence-electron chi connectivity index (χ0n) is 15.2. The molecule has 0 radical (unpaired) electrons. The molecule has 134 valence electrons. The number of amides is 2. The van der Waals surface area contributed by atoms with Crippen LogP contribution in [0.3, 0.4) is 0 Å². The van der Waals surface area contributed by atoms with E-state index in [2.05, 4.69) is 19.2 Å². The molecule has 0 aromatic heterocycles. The van der Waals surface area contributed by atoms with Crippen LogP contribution < -0.4 is 14.8 Å². The molecule has 6 nitrogen and oxygen atoms in total. The molecule has 1 aromatic rings. The second-order valence-electron chi connectivity index (χ2n) is 5.98. The third kappa shape index (κ3) is 5.76. The van der Waals surface area contributed by atoms with Crippen LogP contribution in [0.15, 0.2) is 18.2 Å². The highest BCUT2D eigenvalue weighted by Gasteiger charge is 2.18. The third-order valence-corrected chi connectivity index (χ3v) is 3.74. The first-order chi connectivity index (χ1) is 11.4. The lowest BCUT2D eigenvalue weighted by Gasteiger charge is -2.22. The maximum atomic E-state index is 12.4. The van der Waals surface area contributed by atoms with Crippen molar-refractivity contribution in [1.82, 2.24) is 10.2 Å². The van der Waals surface area contributed by atoms with Crippen LogP contribution in [-0.2, 0) is 4.79 Å². The highest BCUT2D eigenvalue weighted by molar-refractivity contribution is 5.99. The van der Waals surface area contributed by atoms with Crippen LogP contribution in [0, 0.1) is 5.92 Å². The summed E-state index contributed by atoms with van der Waals surface area (Å²) >= 11 is 0. The number of rotatable bonds is 9. The molecule has 0 atom stereocenters. The number of carbonyl (C=O) groups is 2. The highest BCUT2D eigenvalue weighted by Crippen LogP contribution is 2.27. The number of nitrogens with zero attached hydrogens (tertiary/aromatic N) is 1. The summed E-state index contributed by atoms with van der Waals surface area (Å²) in [7, 11) is 3.02. The Labute approximate surface area is 144 Å². The normalized spacial score (nSPS) is 10.4. The van der Waals surface area contributed by atoms with Crippen molar-refractivity contribution in [3.8, 4) is 11.5 Å². The van der Waals surface area contributed by atoms with Gasteiger partial charge in [-0.3, -0.25) is 9.59 Å². The Kier molecular flexibility index (Phi) is 8.09. The van der Waals surface area contributed by atoms with Crippen molar-refractivity contribution in [1.29, 1.82) is 0 Å². The maximum Gasteiger partial charge on any atom is 0.258 e. The van der Waals surface area contributed by atoms with Crippen LogP contribution in [0.5, 0.6) is 11.5 Å². The first kappa shape index (κ1) is 19.8. The SMILES string of the molecule is COc1cccc(OC)c1C(=O)NCCN(CCC(C)C)C(C)=O. The van der Waals surface area contributed by atoms with Crippen LogP contribution >= 0.6 is 0 Å². The lowest BCUT2D eigenvalue weighted by atomic mass is 10.1. The van der Waals surface area contributed by atoms with E-state index in [-0.39, 0.29) is 11.8 Å². The molecule has 1 rings (SSSR count). The van der Waals surface area contributed by atoms with Crippen molar-refractivity contribution in [3.05, 3.63) is 23.8 Å². The van der Waals surface area contributed by atoms with E-state index in [1.54, 1.807) is 30.0 Å². The zero-order valence-corrected chi connectivity index (χ0v) is 15.2. The Morgan fingerprint density at radius 1 is 1.12 bits per heavy atom. The summed E-state index contributed by atoms with van der Waals surface area (Å²) in [5, 5.41) is 2.83. The van der Waals surface area contributed by atoms with Gasteiger partial charge in [-0.15, -0.1) is 0 Å². The van der Waals surface area contributed by atoms with E-state index in [0.717, 1.165) is 6.42 Å². The molecular weight excluding hydrogens is 308 g/mol. The molecule has 1 aromatic carbocycles. The highest BCUT2D eigenvalue weighted by atomic mass is 16.5. The van der Waals surface area contributed by atoms with Gasteiger partial charge in [0.2, 0.25) is 5.91 Å². The summed E-state index contributed by atoms with van der Waals surface area (Å²) in [6, 6.07) is 5.18. The first-order valence-electron chi connectivity index (χ1n) is 8.15. The monoisotopic (exact) mass is 336 g/mol. The smallest absolute Gasteiger partial charge is 0.258 e.